The lowest BCUT2D eigenvalue weighted by molar-refractivity contribution is 0.669. The SMILES string of the molecule is c1ccc(-c2ccc(-c3ccccc3N3c4cc5c(cc4B4c6cc7oc8ccccc8c7cc6N(c6ccccc6-c6ccc(-c7ccccc7)cc6)c6cc(-c7cccc8c7oc7ccccc78)cc3c64)oc3ccccc35)cc2)cc1. The predicted octanol–water partition coefficient (Wildman–Crippen LogP) is 19.8. The monoisotopic (exact) mass is 1070 g/mol. The normalized spacial score (nSPS) is 12.7. The van der Waals surface area contributed by atoms with E-state index < -0.39 is 0 Å². The minimum absolute atomic E-state index is 0.270. The maximum absolute atomic E-state index is 6.98. The van der Waals surface area contributed by atoms with Crippen LogP contribution >= 0.6 is 0 Å². The minimum atomic E-state index is -0.270. The molecule has 13 aromatic carbocycles. The molecular formula is C78H47BN2O3. The maximum Gasteiger partial charge on any atom is 0.252 e. The van der Waals surface area contributed by atoms with Crippen LogP contribution in [0, 0.1) is 0 Å². The Labute approximate surface area is 484 Å². The van der Waals surface area contributed by atoms with Crippen LogP contribution in [-0.2, 0) is 0 Å². The highest BCUT2D eigenvalue weighted by Crippen LogP contribution is 2.52. The van der Waals surface area contributed by atoms with Crippen molar-refractivity contribution in [2.45, 2.75) is 0 Å². The van der Waals surface area contributed by atoms with E-state index in [0.717, 1.165) is 144 Å². The third-order valence-electron chi connectivity index (χ3n) is 17.7. The third kappa shape index (κ3) is 7.04. The van der Waals surface area contributed by atoms with E-state index in [0.29, 0.717) is 0 Å². The highest BCUT2D eigenvalue weighted by Gasteiger charge is 2.45. The summed E-state index contributed by atoms with van der Waals surface area (Å²) < 4.78 is 20.8. The minimum Gasteiger partial charge on any atom is -0.456 e. The van der Waals surface area contributed by atoms with Crippen molar-refractivity contribution in [3.63, 3.8) is 0 Å². The van der Waals surface area contributed by atoms with Gasteiger partial charge in [-0.2, -0.15) is 0 Å². The predicted molar refractivity (Wildman–Crippen MR) is 349 cm³/mol. The molecule has 3 aromatic heterocycles. The van der Waals surface area contributed by atoms with Crippen LogP contribution in [0.1, 0.15) is 0 Å². The van der Waals surface area contributed by atoms with Crippen molar-refractivity contribution in [3.05, 3.63) is 285 Å². The van der Waals surface area contributed by atoms with Gasteiger partial charge in [0.05, 0.1) is 11.4 Å². The van der Waals surface area contributed by atoms with Gasteiger partial charge in [0.1, 0.15) is 33.5 Å². The molecule has 390 valence electrons. The molecule has 0 aliphatic carbocycles. The quantitative estimate of drug-likeness (QED) is 0.149. The van der Waals surface area contributed by atoms with Crippen LogP contribution < -0.4 is 26.2 Å². The van der Waals surface area contributed by atoms with Crippen molar-refractivity contribution in [3.8, 4) is 55.6 Å². The van der Waals surface area contributed by atoms with E-state index in [1.165, 1.54) is 27.7 Å². The molecule has 0 N–H and O–H groups in total. The average Bonchev–Trinajstić information content (AvgIpc) is 3.52. The Hall–Kier alpha value is -11.1. The van der Waals surface area contributed by atoms with Gasteiger partial charge < -0.3 is 23.1 Å². The van der Waals surface area contributed by atoms with E-state index in [9.17, 15) is 0 Å². The van der Waals surface area contributed by atoms with Gasteiger partial charge in [-0.1, -0.05) is 218 Å². The lowest BCUT2D eigenvalue weighted by Gasteiger charge is -2.45. The van der Waals surface area contributed by atoms with Crippen LogP contribution in [0.4, 0.5) is 34.1 Å². The molecule has 0 atom stereocenters. The molecule has 0 bridgehead atoms. The zero-order valence-electron chi connectivity index (χ0n) is 45.3. The Bertz CT molecular complexity index is 5060. The molecule has 6 heteroatoms. The summed E-state index contributed by atoms with van der Waals surface area (Å²) in [6.07, 6.45) is 0. The van der Waals surface area contributed by atoms with Crippen LogP contribution in [-0.4, -0.2) is 6.71 Å². The fourth-order valence-electron chi connectivity index (χ4n) is 13.8. The first kappa shape index (κ1) is 46.7. The van der Waals surface area contributed by atoms with Gasteiger partial charge in [0.15, 0.2) is 0 Å². The Morgan fingerprint density at radius 3 is 1.11 bits per heavy atom. The maximum atomic E-state index is 6.98. The van der Waals surface area contributed by atoms with Crippen LogP contribution in [0.3, 0.4) is 0 Å². The van der Waals surface area contributed by atoms with E-state index in [4.69, 9.17) is 13.3 Å². The topological polar surface area (TPSA) is 45.9 Å². The number of furan rings is 3. The molecule has 0 spiro atoms. The number of anilines is 6. The summed E-state index contributed by atoms with van der Waals surface area (Å²) in [6.45, 7) is -0.270. The van der Waals surface area contributed by atoms with Crippen molar-refractivity contribution in [2.75, 3.05) is 9.80 Å². The third-order valence-corrected chi connectivity index (χ3v) is 17.7. The Balaban J connectivity index is 0.968. The van der Waals surface area contributed by atoms with E-state index in [1.807, 2.05) is 0 Å². The molecule has 5 nitrogen and oxygen atoms in total. The molecule has 0 amide bonds. The van der Waals surface area contributed by atoms with Crippen LogP contribution in [0.25, 0.3) is 121 Å². The lowest BCUT2D eigenvalue weighted by atomic mass is 9.33. The second-order valence-corrected chi connectivity index (χ2v) is 22.2. The molecule has 18 rings (SSSR count). The fraction of sp³-hybridized carbons (Fsp3) is 0. The van der Waals surface area contributed by atoms with Gasteiger partial charge in [-0.15, -0.1) is 0 Å². The standard InChI is InChI=1S/C78H47BN2O3/c1-3-18-48(19-4-1)50-34-38-52(39-35-50)55-22-7-12-29-66(55)80-68-44-62-59-25-10-14-31-72(59)82-75(62)46-64(68)79-65-47-76-63(60-26-11-15-32-73(60)83-76)45-69(65)81(67-30-13-8-23-56(67)53-40-36-51(37-41-53)49-20-5-2-6-21-49)71-43-54(42-70(80)77(71)79)57-27-17-28-61-58-24-9-16-33-74(58)84-78(57)61/h1-47H. The highest BCUT2D eigenvalue weighted by molar-refractivity contribution is 7.00. The smallest absolute Gasteiger partial charge is 0.252 e. The van der Waals surface area contributed by atoms with Crippen molar-refractivity contribution in [1.82, 2.24) is 0 Å². The van der Waals surface area contributed by atoms with Gasteiger partial charge in [0.25, 0.3) is 6.71 Å². The largest absolute Gasteiger partial charge is 0.456 e. The van der Waals surface area contributed by atoms with E-state index in [1.54, 1.807) is 0 Å². The number of hydrogen-bond donors (Lipinski definition) is 0. The first-order valence-electron chi connectivity index (χ1n) is 28.7. The molecule has 0 saturated heterocycles. The Kier molecular flexibility index (Phi) is 10.1. The summed E-state index contributed by atoms with van der Waals surface area (Å²) in [7, 11) is 0. The zero-order valence-corrected chi connectivity index (χ0v) is 45.3. The van der Waals surface area contributed by atoms with Gasteiger partial charge in [-0.25, -0.2) is 0 Å². The van der Waals surface area contributed by atoms with Crippen molar-refractivity contribution in [2.24, 2.45) is 0 Å². The van der Waals surface area contributed by atoms with Crippen molar-refractivity contribution >= 4 is 123 Å². The molecule has 2 aliphatic heterocycles. The number of nitrogens with zero attached hydrogens (tertiary/aromatic N) is 2. The second-order valence-electron chi connectivity index (χ2n) is 22.2. The summed E-state index contributed by atoms with van der Waals surface area (Å²) in [5, 5.41) is 6.43. The Morgan fingerprint density at radius 1 is 0.226 bits per heavy atom. The summed E-state index contributed by atoms with van der Waals surface area (Å²) in [5.74, 6) is 0. The average molecular weight is 1070 g/mol. The van der Waals surface area contributed by atoms with E-state index in [-0.39, 0.29) is 6.71 Å². The molecule has 0 radical (unpaired) electrons. The molecule has 2 aliphatic rings. The Morgan fingerprint density at radius 2 is 0.607 bits per heavy atom. The van der Waals surface area contributed by atoms with E-state index >= 15 is 0 Å². The highest BCUT2D eigenvalue weighted by atomic mass is 16.3. The second kappa shape index (κ2) is 18.2. The zero-order chi connectivity index (χ0) is 55.0. The van der Waals surface area contributed by atoms with Crippen LogP contribution in [0.2, 0.25) is 0 Å². The summed E-state index contributed by atoms with van der Waals surface area (Å²) in [4.78, 5) is 5.09. The van der Waals surface area contributed by atoms with Gasteiger partial charge >= 0.3 is 0 Å². The van der Waals surface area contributed by atoms with E-state index in [2.05, 4.69) is 295 Å². The fourth-order valence-corrected chi connectivity index (χ4v) is 13.8. The number of hydrogen-bond acceptors (Lipinski definition) is 5. The van der Waals surface area contributed by atoms with Gasteiger partial charge in [0, 0.05) is 71.8 Å². The molecule has 0 fully saturated rings. The van der Waals surface area contributed by atoms with Gasteiger partial charge in [-0.3, -0.25) is 0 Å². The first-order valence-corrected chi connectivity index (χ1v) is 28.7. The lowest BCUT2D eigenvalue weighted by Crippen LogP contribution is -2.61. The summed E-state index contributed by atoms with van der Waals surface area (Å²) in [5.41, 5.74) is 26.2. The van der Waals surface area contributed by atoms with Gasteiger partial charge in [-0.05, 0) is 122 Å². The first-order chi connectivity index (χ1) is 41.6. The number of benzene rings is 13. The molecule has 0 unspecified atom stereocenters. The number of fused-ring (bicyclic) bond motifs is 13. The molecular weight excluding hydrogens is 1020 g/mol. The molecule has 5 heterocycles. The van der Waals surface area contributed by atoms with Crippen LogP contribution in [0.15, 0.2) is 298 Å². The molecule has 16 aromatic rings. The number of para-hydroxylation sites is 6. The molecule has 84 heavy (non-hydrogen) atoms. The van der Waals surface area contributed by atoms with Crippen molar-refractivity contribution < 1.29 is 13.3 Å². The molecule has 0 saturated carbocycles. The summed E-state index contributed by atoms with van der Waals surface area (Å²) in [6, 6.07) is 103. The van der Waals surface area contributed by atoms with Crippen LogP contribution in [0.5, 0.6) is 0 Å². The van der Waals surface area contributed by atoms with Crippen molar-refractivity contribution in [1.29, 1.82) is 0 Å². The number of rotatable bonds is 7. The van der Waals surface area contributed by atoms with Gasteiger partial charge in [0.2, 0.25) is 0 Å². The summed E-state index contributed by atoms with van der Waals surface area (Å²) >= 11 is 0.